The van der Waals surface area contributed by atoms with Crippen molar-refractivity contribution in [3.05, 3.63) is 54.4 Å². The summed E-state index contributed by atoms with van der Waals surface area (Å²) >= 11 is 0. The molecule has 5 rings (SSSR count). The summed E-state index contributed by atoms with van der Waals surface area (Å²) in [6, 6.07) is 9.41. The lowest BCUT2D eigenvalue weighted by molar-refractivity contribution is -0.122. The number of halogens is 1. The molecule has 2 aromatic carbocycles. The molecule has 2 bridgehead atoms. The number of methoxy groups -OCH3 is 2. The van der Waals surface area contributed by atoms with Crippen LogP contribution in [-0.2, 0) is 4.79 Å². The van der Waals surface area contributed by atoms with Crippen LogP contribution in [0.1, 0.15) is 6.42 Å². The Morgan fingerprint density at radius 2 is 1.85 bits per heavy atom. The van der Waals surface area contributed by atoms with E-state index in [9.17, 15) is 9.18 Å². The zero-order chi connectivity index (χ0) is 23.1. The third-order valence-electron chi connectivity index (χ3n) is 6.37. The standard InChI is InChI=1S/C24H24FN5O3/c1-32-18-10-16-17(11-19(18)33-2)28-24(27-15-5-3-4-14(25)9-15)30-23(16)29-21-13-7-6-12(8-13)20(21)22(26)31/h3-7,9-13,20-21H,8H2,1-2H3,(H2,26,31)(H2,27,28,29,30)/t12-,13+,20?,21+/m0/s1. The molecular weight excluding hydrogens is 425 g/mol. The lowest BCUT2D eigenvalue weighted by Crippen LogP contribution is -2.41. The van der Waals surface area contributed by atoms with Gasteiger partial charge in [0.15, 0.2) is 11.5 Å². The number of allylic oxidation sites excluding steroid dienone is 1. The highest BCUT2D eigenvalue weighted by Crippen LogP contribution is 2.45. The maximum absolute atomic E-state index is 13.7. The van der Waals surface area contributed by atoms with Gasteiger partial charge in [0.1, 0.15) is 11.6 Å². The molecule has 1 aromatic heterocycles. The Labute approximate surface area is 190 Å². The number of rotatable bonds is 7. The van der Waals surface area contributed by atoms with Crippen molar-refractivity contribution in [2.75, 3.05) is 24.9 Å². The fraction of sp³-hybridized carbons (Fsp3) is 0.292. The van der Waals surface area contributed by atoms with Crippen LogP contribution in [0.15, 0.2) is 48.6 Å². The predicted molar refractivity (Wildman–Crippen MR) is 123 cm³/mol. The molecule has 170 valence electrons. The number of carbonyl (C=O) groups is 1. The number of amides is 1. The molecule has 1 fully saturated rings. The van der Waals surface area contributed by atoms with Crippen molar-refractivity contribution in [3.63, 3.8) is 0 Å². The Bertz CT molecular complexity index is 1260. The Morgan fingerprint density at radius 1 is 1.09 bits per heavy atom. The van der Waals surface area contributed by atoms with E-state index in [1.54, 1.807) is 38.5 Å². The number of carbonyl (C=O) groups excluding carboxylic acids is 1. The molecule has 3 aromatic rings. The van der Waals surface area contributed by atoms with Crippen LogP contribution >= 0.6 is 0 Å². The number of hydrogen-bond donors (Lipinski definition) is 3. The zero-order valence-corrected chi connectivity index (χ0v) is 18.2. The van der Waals surface area contributed by atoms with E-state index in [1.807, 2.05) is 0 Å². The zero-order valence-electron chi connectivity index (χ0n) is 18.2. The minimum Gasteiger partial charge on any atom is -0.493 e. The van der Waals surface area contributed by atoms with Crippen LogP contribution in [0, 0.1) is 23.6 Å². The van der Waals surface area contributed by atoms with Crippen molar-refractivity contribution in [1.82, 2.24) is 9.97 Å². The number of hydrogen-bond acceptors (Lipinski definition) is 7. The molecule has 1 saturated carbocycles. The van der Waals surface area contributed by atoms with Crippen molar-refractivity contribution < 1.29 is 18.7 Å². The highest BCUT2D eigenvalue weighted by atomic mass is 19.1. The average Bonchev–Trinajstić information content (AvgIpc) is 3.40. The summed E-state index contributed by atoms with van der Waals surface area (Å²) in [6.07, 6.45) is 5.07. The highest BCUT2D eigenvalue weighted by molar-refractivity contribution is 5.93. The second-order valence-electron chi connectivity index (χ2n) is 8.30. The van der Waals surface area contributed by atoms with Crippen molar-refractivity contribution in [2.24, 2.45) is 23.5 Å². The van der Waals surface area contributed by atoms with Crippen LogP contribution in [0.5, 0.6) is 11.5 Å². The van der Waals surface area contributed by atoms with Gasteiger partial charge in [0.2, 0.25) is 11.9 Å². The van der Waals surface area contributed by atoms with Gasteiger partial charge in [-0.05, 0) is 42.5 Å². The molecule has 0 saturated heterocycles. The van der Waals surface area contributed by atoms with E-state index in [1.165, 1.54) is 12.1 Å². The van der Waals surface area contributed by atoms with Gasteiger partial charge < -0.3 is 25.8 Å². The number of nitrogens with zero attached hydrogens (tertiary/aromatic N) is 2. The molecule has 4 atom stereocenters. The fourth-order valence-electron chi connectivity index (χ4n) is 4.88. The van der Waals surface area contributed by atoms with Crippen LogP contribution in [0.2, 0.25) is 0 Å². The van der Waals surface area contributed by atoms with Gasteiger partial charge in [0.25, 0.3) is 0 Å². The second kappa shape index (κ2) is 8.23. The maximum Gasteiger partial charge on any atom is 0.229 e. The summed E-state index contributed by atoms with van der Waals surface area (Å²) in [7, 11) is 3.11. The van der Waals surface area contributed by atoms with E-state index in [-0.39, 0.29) is 41.5 Å². The van der Waals surface area contributed by atoms with Gasteiger partial charge in [-0.2, -0.15) is 4.98 Å². The van der Waals surface area contributed by atoms with Crippen molar-refractivity contribution in [1.29, 1.82) is 0 Å². The highest BCUT2D eigenvalue weighted by Gasteiger charge is 2.47. The maximum atomic E-state index is 13.7. The van der Waals surface area contributed by atoms with Gasteiger partial charge in [0, 0.05) is 23.2 Å². The van der Waals surface area contributed by atoms with E-state index in [0.717, 1.165) is 6.42 Å². The van der Waals surface area contributed by atoms with Crippen molar-refractivity contribution in [2.45, 2.75) is 12.5 Å². The van der Waals surface area contributed by atoms with Gasteiger partial charge in [-0.25, -0.2) is 9.37 Å². The Kier molecular flexibility index (Phi) is 5.24. The molecule has 1 amide bonds. The smallest absolute Gasteiger partial charge is 0.229 e. The van der Waals surface area contributed by atoms with E-state index in [0.29, 0.717) is 33.9 Å². The van der Waals surface area contributed by atoms with E-state index in [2.05, 4.69) is 32.8 Å². The molecule has 0 spiro atoms. The Balaban J connectivity index is 1.60. The molecule has 1 heterocycles. The quantitative estimate of drug-likeness (QED) is 0.473. The van der Waals surface area contributed by atoms with Crippen LogP contribution in [-0.4, -0.2) is 36.1 Å². The van der Waals surface area contributed by atoms with Crippen molar-refractivity contribution >= 4 is 34.3 Å². The largest absolute Gasteiger partial charge is 0.493 e. The topological polar surface area (TPSA) is 111 Å². The van der Waals surface area contributed by atoms with Gasteiger partial charge in [-0.1, -0.05) is 18.2 Å². The van der Waals surface area contributed by atoms with Crippen LogP contribution in [0.4, 0.5) is 21.8 Å². The van der Waals surface area contributed by atoms with Crippen LogP contribution < -0.4 is 25.8 Å². The first-order valence-electron chi connectivity index (χ1n) is 10.7. The summed E-state index contributed by atoms with van der Waals surface area (Å²) in [5, 5.41) is 7.22. The lowest BCUT2D eigenvalue weighted by Gasteiger charge is -2.27. The molecule has 0 radical (unpaired) electrons. The number of benzene rings is 2. The van der Waals surface area contributed by atoms with Gasteiger partial charge >= 0.3 is 0 Å². The SMILES string of the molecule is COc1cc2nc(Nc3cccc(F)c3)nc(N[C@H]3C(C(N)=O)[C@H]4C=C[C@@H]3C4)c2cc1OC. The second-order valence-corrected chi connectivity index (χ2v) is 8.30. The third-order valence-corrected chi connectivity index (χ3v) is 6.37. The lowest BCUT2D eigenvalue weighted by atomic mass is 9.88. The number of primary amides is 1. The molecule has 2 aliphatic carbocycles. The summed E-state index contributed by atoms with van der Waals surface area (Å²) < 4.78 is 24.6. The predicted octanol–water partition coefficient (Wildman–Crippen LogP) is 3.62. The summed E-state index contributed by atoms with van der Waals surface area (Å²) in [4.78, 5) is 21.5. The van der Waals surface area contributed by atoms with Crippen molar-refractivity contribution in [3.8, 4) is 11.5 Å². The molecular formula is C24H24FN5O3. The molecule has 1 unspecified atom stereocenters. The number of ether oxygens (including phenoxy) is 2. The molecule has 33 heavy (non-hydrogen) atoms. The summed E-state index contributed by atoms with van der Waals surface area (Å²) in [5.41, 5.74) is 6.85. The average molecular weight is 449 g/mol. The Hall–Kier alpha value is -3.88. The van der Waals surface area contributed by atoms with E-state index < -0.39 is 0 Å². The normalized spacial score (nSPS) is 23.0. The summed E-state index contributed by atoms with van der Waals surface area (Å²) in [6.45, 7) is 0. The first-order chi connectivity index (χ1) is 16.0. The molecule has 4 N–H and O–H groups in total. The summed E-state index contributed by atoms with van der Waals surface area (Å²) in [5.74, 6) is 1.11. The first-order valence-corrected chi connectivity index (χ1v) is 10.7. The number of nitrogens with one attached hydrogen (secondary N) is 2. The van der Waals surface area contributed by atoms with Crippen LogP contribution in [0.3, 0.4) is 0 Å². The van der Waals surface area contributed by atoms with E-state index in [4.69, 9.17) is 15.2 Å². The monoisotopic (exact) mass is 449 g/mol. The fourth-order valence-corrected chi connectivity index (χ4v) is 4.88. The minimum absolute atomic E-state index is 0.123. The third kappa shape index (κ3) is 3.79. The number of aromatic nitrogens is 2. The molecule has 8 nitrogen and oxygen atoms in total. The molecule has 9 heteroatoms. The Morgan fingerprint density at radius 3 is 2.58 bits per heavy atom. The minimum atomic E-state index is -0.372. The first kappa shape index (κ1) is 21.0. The molecule has 2 aliphatic rings. The number of anilines is 3. The molecule has 0 aliphatic heterocycles. The number of fused-ring (bicyclic) bond motifs is 3. The van der Waals surface area contributed by atoms with Gasteiger partial charge in [-0.3, -0.25) is 4.79 Å². The van der Waals surface area contributed by atoms with E-state index >= 15 is 0 Å². The number of nitrogens with two attached hydrogens (primary N) is 1. The van der Waals surface area contributed by atoms with Gasteiger partial charge in [-0.15, -0.1) is 0 Å². The van der Waals surface area contributed by atoms with Gasteiger partial charge in [0.05, 0.1) is 25.7 Å². The van der Waals surface area contributed by atoms with Crippen LogP contribution in [0.25, 0.3) is 10.9 Å².